The molecule has 0 bridgehead atoms. The van der Waals surface area contributed by atoms with Crippen LogP contribution in [0, 0.1) is 6.07 Å². The molecule has 1 unspecified atom stereocenters. The first-order valence-electron chi connectivity index (χ1n) is 3.58. The van der Waals surface area contributed by atoms with Gasteiger partial charge < -0.3 is 4.55 Å². The average molecular weight is 167 g/mol. The zero-order chi connectivity index (χ0) is 8.27. The molecule has 0 aliphatic carbocycles. The van der Waals surface area contributed by atoms with E-state index in [1.54, 1.807) is 12.1 Å². The van der Waals surface area contributed by atoms with Gasteiger partial charge in [0.15, 0.2) is 4.90 Å². The SMILES string of the molecule is CC(C)[S+]([O-])c1c[c]ccc1. The Balaban J connectivity index is 2.77. The standard InChI is InChI=1S/C9H11OS/c1-8(2)11(10)9-6-4-3-5-7-9/h3-4,6-8H,1-2H3. The Kier molecular flexibility index (Phi) is 2.97. The van der Waals surface area contributed by atoms with E-state index >= 15 is 0 Å². The maximum atomic E-state index is 11.4. The molecular weight excluding hydrogens is 156 g/mol. The van der Waals surface area contributed by atoms with Crippen LogP contribution < -0.4 is 0 Å². The van der Waals surface area contributed by atoms with Crippen LogP contribution in [-0.4, -0.2) is 9.80 Å². The van der Waals surface area contributed by atoms with Crippen molar-refractivity contribution in [3.8, 4) is 0 Å². The largest absolute Gasteiger partial charge is 0.611 e. The van der Waals surface area contributed by atoms with E-state index < -0.39 is 11.2 Å². The predicted molar refractivity (Wildman–Crippen MR) is 46.8 cm³/mol. The summed E-state index contributed by atoms with van der Waals surface area (Å²) in [5.74, 6) is 0. The average Bonchev–Trinajstić information content (AvgIpc) is 2.05. The molecule has 1 aromatic carbocycles. The molecule has 11 heavy (non-hydrogen) atoms. The third-order valence-corrected chi connectivity index (χ3v) is 2.91. The lowest BCUT2D eigenvalue weighted by Gasteiger charge is -2.12. The fourth-order valence-electron chi connectivity index (χ4n) is 0.774. The third-order valence-electron chi connectivity index (χ3n) is 1.34. The second-order valence-corrected chi connectivity index (χ2v) is 4.59. The van der Waals surface area contributed by atoms with Crippen LogP contribution in [0.3, 0.4) is 0 Å². The topological polar surface area (TPSA) is 23.1 Å². The molecule has 0 aliphatic heterocycles. The normalized spacial score (nSPS) is 13.5. The molecule has 1 aromatic rings. The van der Waals surface area contributed by atoms with Crippen molar-refractivity contribution < 1.29 is 4.55 Å². The Labute approximate surface area is 70.6 Å². The van der Waals surface area contributed by atoms with Crippen molar-refractivity contribution in [3.05, 3.63) is 30.3 Å². The van der Waals surface area contributed by atoms with Gasteiger partial charge in [-0.1, -0.05) is 12.1 Å². The van der Waals surface area contributed by atoms with Crippen LogP contribution in [0.15, 0.2) is 29.2 Å². The van der Waals surface area contributed by atoms with Crippen LogP contribution >= 0.6 is 0 Å². The minimum Gasteiger partial charge on any atom is -0.611 e. The number of benzene rings is 1. The molecule has 0 fully saturated rings. The molecule has 0 amide bonds. The van der Waals surface area contributed by atoms with Gasteiger partial charge in [-0.15, -0.1) is 0 Å². The zero-order valence-electron chi connectivity index (χ0n) is 6.70. The summed E-state index contributed by atoms with van der Waals surface area (Å²) in [6.45, 7) is 3.90. The lowest BCUT2D eigenvalue weighted by atomic mass is 10.4. The third kappa shape index (κ3) is 2.24. The molecule has 1 radical (unpaired) electrons. The van der Waals surface area contributed by atoms with Gasteiger partial charge in [0, 0.05) is 6.07 Å². The van der Waals surface area contributed by atoms with Crippen LogP contribution in [0.25, 0.3) is 0 Å². The van der Waals surface area contributed by atoms with Crippen molar-refractivity contribution in [3.63, 3.8) is 0 Å². The Hall–Kier alpha value is -0.470. The molecule has 0 heterocycles. The summed E-state index contributed by atoms with van der Waals surface area (Å²) in [5.41, 5.74) is 0. The Bertz CT molecular complexity index is 208. The second-order valence-electron chi connectivity index (χ2n) is 2.59. The van der Waals surface area contributed by atoms with Crippen molar-refractivity contribution >= 4 is 11.2 Å². The lowest BCUT2D eigenvalue weighted by Crippen LogP contribution is -2.13. The van der Waals surface area contributed by atoms with Gasteiger partial charge in [0.2, 0.25) is 0 Å². The summed E-state index contributed by atoms with van der Waals surface area (Å²) >= 11 is -0.866. The van der Waals surface area contributed by atoms with E-state index in [2.05, 4.69) is 6.07 Å². The molecule has 0 spiro atoms. The lowest BCUT2D eigenvalue weighted by molar-refractivity contribution is 0.586. The van der Waals surface area contributed by atoms with Crippen molar-refractivity contribution in [2.75, 3.05) is 0 Å². The first kappa shape index (κ1) is 8.62. The Morgan fingerprint density at radius 2 is 2.27 bits per heavy atom. The minimum absolute atomic E-state index is 0.186. The van der Waals surface area contributed by atoms with Crippen molar-refractivity contribution in [1.82, 2.24) is 0 Å². The molecule has 1 nitrogen and oxygen atoms in total. The minimum atomic E-state index is -0.866. The maximum absolute atomic E-state index is 11.4. The molecule has 1 atom stereocenters. The molecular formula is C9H11OS. The summed E-state index contributed by atoms with van der Waals surface area (Å²) in [6, 6.07) is 10.2. The maximum Gasteiger partial charge on any atom is 0.153 e. The fraction of sp³-hybridized carbons (Fsp3) is 0.333. The van der Waals surface area contributed by atoms with Gasteiger partial charge in [0.25, 0.3) is 0 Å². The van der Waals surface area contributed by atoms with Gasteiger partial charge in [0.05, 0.1) is 0 Å². The van der Waals surface area contributed by atoms with Crippen LogP contribution in [0.2, 0.25) is 0 Å². The first-order chi connectivity index (χ1) is 5.22. The summed E-state index contributed by atoms with van der Waals surface area (Å²) in [4.78, 5) is 0.863. The smallest absolute Gasteiger partial charge is 0.153 e. The van der Waals surface area contributed by atoms with Crippen molar-refractivity contribution in [2.45, 2.75) is 24.0 Å². The van der Waals surface area contributed by atoms with Gasteiger partial charge in [0.1, 0.15) is 5.25 Å². The summed E-state index contributed by atoms with van der Waals surface area (Å²) in [6.07, 6.45) is 0. The van der Waals surface area contributed by atoms with Crippen LogP contribution in [0.5, 0.6) is 0 Å². The number of rotatable bonds is 2. The van der Waals surface area contributed by atoms with Crippen LogP contribution in [0.1, 0.15) is 13.8 Å². The van der Waals surface area contributed by atoms with Gasteiger partial charge in [-0.2, -0.15) is 0 Å². The summed E-state index contributed by atoms with van der Waals surface area (Å²) in [5, 5.41) is 0.186. The Morgan fingerprint density at radius 1 is 1.55 bits per heavy atom. The van der Waals surface area contributed by atoms with Gasteiger partial charge in [-0.05, 0) is 37.2 Å². The highest BCUT2D eigenvalue weighted by molar-refractivity contribution is 7.92. The van der Waals surface area contributed by atoms with Crippen LogP contribution in [0.4, 0.5) is 0 Å². The van der Waals surface area contributed by atoms with E-state index in [-0.39, 0.29) is 5.25 Å². The highest BCUT2D eigenvalue weighted by Crippen LogP contribution is 2.13. The fourth-order valence-corrected chi connectivity index (χ4v) is 1.72. The molecule has 59 valence electrons. The monoisotopic (exact) mass is 167 g/mol. The summed E-state index contributed by atoms with van der Waals surface area (Å²) < 4.78 is 11.4. The number of hydrogen-bond acceptors (Lipinski definition) is 1. The van der Waals surface area contributed by atoms with E-state index in [1.165, 1.54) is 0 Å². The molecule has 2 heteroatoms. The van der Waals surface area contributed by atoms with Crippen LogP contribution in [-0.2, 0) is 11.2 Å². The van der Waals surface area contributed by atoms with Crippen molar-refractivity contribution in [2.24, 2.45) is 0 Å². The number of hydrogen-bond donors (Lipinski definition) is 0. The molecule has 0 aliphatic rings. The van der Waals surface area contributed by atoms with E-state index in [9.17, 15) is 4.55 Å². The van der Waals surface area contributed by atoms with E-state index in [0.29, 0.717) is 0 Å². The van der Waals surface area contributed by atoms with Gasteiger partial charge >= 0.3 is 0 Å². The first-order valence-corrected chi connectivity index (χ1v) is 4.80. The quantitative estimate of drug-likeness (QED) is 0.618. The molecule has 0 saturated heterocycles. The highest BCUT2D eigenvalue weighted by Gasteiger charge is 2.13. The van der Waals surface area contributed by atoms with Gasteiger partial charge in [-0.25, -0.2) is 0 Å². The van der Waals surface area contributed by atoms with Crippen molar-refractivity contribution in [1.29, 1.82) is 0 Å². The summed E-state index contributed by atoms with van der Waals surface area (Å²) in [7, 11) is 0. The highest BCUT2D eigenvalue weighted by atomic mass is 32.2. The molecule has 0 saturated carbocycles. The second kappa shape index (κ2) is 3.79. The molecule has 1 rings (SSSR count). The van der Waals surface area contributed by atoms with E-state index in [0.717, 1.165) is 4.90 Å². The van der Waals surface area contributed by atoms with E-state index in [4.69, 9.17) is 0 Å². The Morgan fingerprint density at radius 3 is 2.73 bits per heavy atom. The zero-order valence-corrected chi connectivity index (χ0v) is 7.52. The predicted octanol–water partition coefficient (Wildman–Crippen LogP) is 2.00. The van der Waals surface area contributed by atoms with Gasteiger partial charge in [-0.3, -0.25) is 0 Å². The molecule has 0 N–H and O–H groups in total. The van der Waals surface area contributed by atoms with E-state index in [1.807, 2.05) is 26.0 Å². The molecule has 0 aromatic heterocycles.